The van der Waals surface area contributed by atoms with Crippen molar-refractivity contribution < 1.29 is 19.6 Å². The van der Waals surface area contributed by atoms with E-state index >= 15 is 0 Å². The molecule has 1 heterocycles. The Morgan fingerprint density at radius 1 is 1.26 bits per heavy atom. The number of amides is 4. The molecule has 1 atom stereocenters. The van der Waals surface area contributed by atoms with E-state index in [1.807, 2.05) is 44.2 Å². The van der Waals surface area contributed by atoms with Crippen LogP contribution >= 0.6 is 0 Å². The molecule has 1 aliphatic heterocycles. The number of carbonyl (C=O) groups excluding carboxylic acids is 3. The van der Waals surface area contributed by atoms with E-state index in [4.69, 9.17) is 5.21 Å². The number of imide groups is 1. The van der Waals surface area contributed by atoms with Crippen molar-refractivity contribution in [3.05, 3.63) is 35.9 Å². The Bertz CT molecular complexity index is 588. The van der Waals surface area contributed by atoms with Crippen molar-refractivity contribution in [1.82, 2.24) is 15.3 Å². The smallest absolute Gasteiger partial charge is 0.303 e. The van der Waals surface area contributed by atoms with E-state index in [1.54, 1.807) is 0 Å². The molecular weight excluding hydrogens is 298 g/mol. The lowest BCUT2D eigenvalue weighted by Crippen LogP contribution is -2.43. The maximum atomic E-state index is 12.6. The van der Waals surface area contributed by atoms with E-state index in [9.17, 15) is 14.4 Å². The largest absolute Gasteiger partial charge is 0.328 e. The Morgan fingerprint density at radius 3 is 2.48 bits per heavy atom. The van der Waals surface area contributed by atoms with Gasteiger partial charge >= 0.3 is 6.03 Å². The number of carbonyl (C=O) groups is 3. The summed E-state index contributed by atoms with van der Waals surface area (Å²) < 4.78 is 0. The first-order valence-electron chi connectivity index (χ1n) is 7.53. The molecule has 2 rings (SSSR count). The van der Waals surface area contributed by atoms with Crippen LogP contribution < -0.4 is 5.48 Å². The van der Waals surface area contributed by atoms with Gasteiger partial charge in [0.25, 0.3) is 11.8 Å². The molecule has 7 heteroatoms. The molecule has 7 nitrogen and oxygen atoms in total. The van der Waals surface area contributed by atoms with Crippen LogP contribution in [0.25, 0.3) is 0 Å². The molecule has 0 spiro atoms. The van der Waals surface area contributed by atoms with Crippen LogP contribution in [-0.2, 0) is 16.1 Å². The van der Waals surface area contributed by atoms with E-state index in [-0.39, 0.29) is 24.9 Å². The fourth-order valence-corrected chi connectivity index (χ4v) is 2.65. The van der Waals surface area contributed by atoms with Crippen molar-refractivity contribution in [3.8, 4) is 0 Å². The minimum Gasteiger partial charge on any atom is -0.303 e. The van der Waals surface area contributed by atoms with Gasteiger partial charge in [-0.05, 0) is 17.9 Å². The van der Waals surface area contributed by atoms with Crippen molar-refractivity contribution in [2.45, 2.75) is 32.9 Å². The van der Waals surface area contributed by atoms with Gasteiger partial charge in [0.1, 0.15) is 12.6 Å². The Morgan fingerprint density at radius 2 is 1.91 bits per heavy atom. The van der Waals surface area contributed by atoms with Crippen molar-refractivity contribution in [2.24, 2.45) is 5.92 Å². The maximum absolute atomic E-state index is 12.6. The summed E-state index contributed by atoms with van der Waals surface area (Å²) in [6.45, 7) is 3.72. The Kier molecular flexibility index (Phi) is 5.33. The number of rotatable bonds is 6. The van der Waals surface area contributed by atoms with Gasteiger partial charge in [-0.2, -0.15) is 0 Å². The van der Waals surface area contributed by atoms with E-state index < -0.39 is 18.0 Å². The lowest BCUT2D eigenvalue weighted by molar-refractivity contribution is -0.131. The predicted octanol–water partition coefficient (Wildman–Crippen LogP) is 1.37. The number of hydrogen-bond acceptors (Lipinski definition) is 4. The highest BCUT2D eigenvalue weighted by molar-refractivity contribution is 6.05. The summed E-state index contributed by atoms with van der Waals surface area (Å²) in [6.07, 6.45) is 0.467. The summed E-state index contributed by atoms with van der Waals surface area (Å²) in [5.74, 6) is -0.840. The molecule has 4 amide bonds. The Labute approximate surface area is 134 Å². The predicted molar refractivity (Wildman–Crippen MR) is 82.3 cm³/mol. The molecule has 0 aromatic heterocycles. The summed E-state index contributed by atoms with van der Waals surface area (Å²) in [5, 5.41) is 8.68. The number of hydroxylamine groups is 1. The van der Waals surface area contributed by atoms with Crippen LogP contribution in [-0.4, -0.2) is 45.4 Å². The number of hydrogen-bond donors (Lipinski definition) is 2. The minimum atomic E-state index is -0.721. The first-order chi connectivity index (χ1) is 10.9. The first-order valence-corrected chi connectivity index (χ1v) is 7.53. The normalized spacial score (nSPS) is 18.0. The van der Waals surface area contributed by atoms with Crippen molar-refractivity contribution in [1.29, 1.82) is 0 Å². The third-order valence-electron chi connectivity index (χ3n) is 3.72. The molecule has 0 saturated carbocycles. The molecule has 0 bridgehead atoms. The van der Waals surface area contributed by atoms with E-state index in [1.165, 1.54) is 10.4 Å². The van der Waals surface area contributed by atoms with Crippen LogP contribution in [0.3, 0.4) is 0 Å². The molecule has 124 valence electrons. The molecule has 1 aromatic rings. The lowest BCUT2D eigenvalue weighted by Gasteiger charge is -2.21. The first kappa shape index (κ1) is 17.0. The molecule has 0 aliphatic carbocycles. The zero-order chi connectivity index (χ0) is 17.0. The third-order valence-corrected chi connectivity index (χ3v) is 3.72. The Hall–Kier alpha value is -2.41. The van der Waals surface area contributed by atoms with E-state index in [0.29, 0.717) is 6.42 Å². The van der Waals surface area contributed by atoms with Gasteiger partial charge in [0.2, 0.25) is 0 Å². The highest BCUT2D eigenvalue weighted by atomic mass is 16.5. The molecular formula is C16H21N3O4. The molecule has 1 aliphatic rings. The maximum Gasteiger partial charge on any atom is 0.328 e. The highest BCUT2D eigenvalue weighted by Gasteiger charge is 2.45. The number of urea groups is 1. The molecule has 1 fully saturated rings. The van der Waals surface area contributed by atoms with Crippen molar-refractivity contribution >= 4 is 17.8 Å². The van der Waals surface area contributed by atoms with Crippen molar-refractivity contribution in [2.75, 3.05) is 6.54 Å². The quantitative estimate of drug-likeness (QED) is 0.471. The van der Waals surface area contributed by atoms with Crippen LogP contribution in [0.2, 0.25) is 0 Å². The van der Waals surface area contributed by atoms with Crippen LogP contribution in [0.15, 0.2) is 30.3 Å². The molecule has 2 N–H and O–H groups in total. The van der Waals surface area contributed by atoms with Crippen LogP contribution in [0.5, 0.6) is 0 Å². The summed E-state index contributed by atoms with van der Waals surface area (Å²) in [5.41, 5.74) is 2.34. The third kappa shape index (κ3) is 3.87. The second-order valence-electron chi connectivity index (χ2n) is 6.00. The minimum absolute atomic E-state index is 0.171. The average Bonchev–Trinajstić information content (AvgIpc) is 2.73. The monoisotopic (exact) mass is 319 g/mol. The molecule has 1 unspecified atom stereocenters. The number of nitrogens with zero attached hydrogens (tertiary/aromatic N) is 2. The Balaban J connectivity index is 2.21. The van der Waals surface area contributed by atoms with Crippen LogP contribution in [0.4, 0.5) is 4.79 Å². The van der Waals surface area contributed by atoms with Gasteiger partial charge in [-0.15, -0.1) is 0 Å². The number of benzene rings is 1. The zero-order valence-corrected chi connectivity index (χ0v) is 13.2. The summed E-state index contributed by atoms with van der Waals surface area (Å²) in [7, 11) is 0. The van der Waals surface area contributed by atoms with Crippen molar-refractivity contribution in [3.63, 3.8) is 0 Å². The molecule has 1 aromatic carbocycles. The van der Waals surface area contributed by atoms with E-state index in [0.717, 1.165) is 10.5 Å². The van der Waals surface area contributed by atoms with Gasteiger partial charge in [0.15, 0.2) is 0 Å². The van der Waals surface area contributed by atoms with Gasteiger partial charge in [-0.3, -0.25) is 19.7 Å². The molecule has 23 heavy (non-hydrogen) atoms. The summed E-state index contributed by atoms with van der Waals surface area (Å²) >= 11 is 0. The van der Waals surface area contributed by atoms with Gasteiger partial charge in [-0.25, -0.2) is 10.3 Å². The van der Waals surface area contributed by atoms with Crippen LogP contribution in [0.1, 0.15) is 25.8 Å². The van der Waals surface area contributed by atoms with Crippen LogP contribution in [0, 0.1) is 5.92 Å². The van der Waals surface area contributed by atoms with Gasteiger partial charge in [-0.1, -0.05) is 44.2 Å². The summed E-state index contributed by atoms with van der Waals surface area (Å²) in [4.78, 5) is 38.9. The fourth-order valence-electron chi connectivity index (χ4n) is 2.65. The van der Waals surface area contributed by atoms with E-state index in [2.05, 4.69) is 0 Å². The average molecular weight is 319 g/mol. The molecule has 1 saturated heterocycles. The molecule has 0 radical (unpaired) electrons. The topological polar surface area (TPSA) is 90.0 Å². The van der Waals surface area contributed by atoms with Gasteiger partial charge < -0.3 is 4.90 Å². The highest BCUT2D eigenvalue weighted by Crippen LogP contribution is 2.24. The summed E-state index contributed by atoms with van der Waals surface area (Å²) in [6, 6.07) is 8.02. The van der Waals surface area contributed by atoms with Gasteiger partial charge in [0, 0.05) is 0 Å². The van der Waals surface area contributed by atoms with Gasteiger partial charge in [0.05, 0.1) is 6.54 Å². The second kappa shape index (κ2) is 7.23. The standard InChI is InChI=1S/C16H21N3O4/c1-11(2)8-13-15(21)19(9-12-6-4-3-5-7-12)16(22)18(13)10-14(20)17-23/h3-7,11,13,23H,8-10H2,1-2H3,(H,17,20). The second-order valence-corrected chi connectivity index (χ2v) is 6.00. The zero-order valence-electron chi connectivity index (χ0n) is 13.2. The fraction of sp³-hybridized carbons (Fsp3) is 0.438. The lowest BCUT2D eigenvalue weighted by atomic mass is 10.0. The SMILES string of the molecule is CC(C)CC1C(=O)N(Cc2ccccc2)C(=O)N1CC(=O)NO. The number of nitrogens with one attached hydrogen (secondary N) is 1.